The molecular weight excluding hydrogens is 544 g/mol. The maximum atomic E-state index is 13.3. The Bertz CT molecular complexity index is 1660. The Hall–Kier alpha value is -4.08. The fourth-order valence-electron chi connectivity index (χ4n) is 4.03. The molecule has 0 aromatic heterocycles. The van der Waals surface area contributed by atoms with Gasteiger partial charge in [0.05, 0.1) is 27.4 Å². The first-order valence-corrected chi connectivity index (χ1v) is 13.0. The topological polar surface area (TPSA) is 109 Å². The number of hydrogen-bond acceptors (Lipinski definition) is 5. The molecule has 5 rings (SSSR count). The van der Waals surface area contributed by atoms with Gasteiger partial charge in [-0.2, -0.15) is 0 Å². The summed E-state index contributed by atoms with van der Waals surface area (Å²) in [6.07, 6.45) is 0. The van der Waals surface area contributed by atoms with E-state index < -0.39 is 15.9 Å². The Morgan fingerprint density at radius 3 is 1.97 bits per heavy atom. The van der Waals surface area contributed by atoms with Crippen LogP contribution < -0.4 is 10.0 Å². The lowest BCUT2D eigenvalue weighted by atomic mass is 9.83. The van der Waals surface area contributed by atoms with E-state index in [1.54, 1.807) is 60.7 Å². The monoisotopic (exact) mass is 560 g/mol. The number of para-hydroxylation sites is 1. The van der Waals surface area contributed by atoms with Gasteiger partial charge in [-0.15, -0.1) is 0 Å². The van der Waals surface area contributed by atoms with E-state index >= 15 is 0 Å². The van der Waals surface area contributed by atoms with Crippen molar-refractivity contribution in [2.24, 2.45) is 0 Å². The van der Waals surface area contributed by atoms with E-state index in [2.05, 4.69) is 26.0 Å². The summed E-state index contributed by atoms with van der Waals surface area (Å²) in [7, 11) is -3.97. The van der Waals surface area contributed by atoms with Crippen LogP contribution in [0.1, 0.15) is 42.2 Å². The lowest BCUT2D eigenvalue weighted by Crippen LogP contribution is -2.24. The van der Waals surface area contributed by atoms with Gasteiger partial charge in [0.25, 0.3) is 15.9 Å². The van der Waals surface area contributed by atoms with Gasteiger partial charge in [-0.1, -0.05) is 64.5 Å². The van der Waals surface area contributed by atoms with E-state index in [4.69, 9.17) is 0 Å². The van der Waals surface area contributed by atoms with Crippen LogP contribution in [0.25, 0.3) is 0 Å². The number of benzene rings is 4. The molecule has 0 spiro atoms. The van der Waals surface area contributed by atoms with Crippen molar-refractivity contribution in [1.82, 2.24) is 0 Å². The molecule has 178 valence electrons. The van der Waals surface area contributed by atoms with E-state index in [-0.39, 0.29) is 50.1 Å². The highest BCUT2D eigenvalue weighted by molar-refractivity contribution is 9.10. The Morgan fingerprint density at radius 2 is 1.25 bits per heavy atom. The molecule has 0 atom stereocenters. The molecule has 0 fully saturated rings. The molecule has 0 bridgehead atoms. The second kappa shape index (κ2) is 9.18. The second-order valence-electron chi connectivity index (χ2n) is 7.99. The summed E-state index contributed by atoms with van der Waals surface area (Å²) in [6.45, 7) is 0. The number of amides is 1. The third-order valence-electron chi connectivity index (χ3n) is 5.74. The lowest BCUT2D eigenvalue weighted by Gasteiger charge is -2.20. The standard InChI is InChI=1S/C27H17BrN2O5S/c28-16-12-14-17(15-13-16)36(34,35)30-22-10-4-3-8-20(22)27(33)29-23-11-5-9-21-24(23)26(32)19-7-2-1-6-18(19)25(21)31/h1-15,30H,(H,29,33). The molecule has 2 N–H and O–H groups in total. The smallest absolute Gasteiger partial charge is 0.261 e. The third kappa shape index (κ3) is 4.23. The summed E-state index contributed by atoms with van der Waals surface area (Å²) in [5.74, 6) is -1.32. The van der Waals surface area contributed by atoms with Gasteiger partial charge in [0.2, 0.25) is 0 Å². The zero-order valence-corrected chi connectivity index (χ0v) is 20.9. The number of anilines is 2. The molecule has 1 aliphatic rings. The summed E-state index contributed by atoms with van der Waals surface area (Å²) < 4.78 is 29.0. The lowest BCUT2D eigenvalue weighted by molar-refractivity contribution is 0.0978. The van der Waals surface area contributed by atoms with Crippen LogP contribution in [-0.2, 0) is 10.0 Å². The second-order valence-corrected chi connectivity index (χ2v) is 10.6. The predicted molar refractivity (Wildman–Crippen MR) is 139 cm³/mol. The van der Waals surface area contributed by atoms with Crippen molar-refractivity contribution < 1.29 is 22.8 Å². The van der Waals surface area contributed by atoms with Crippen LogP contribution in [0, 0.1) is 0 Å². The maximum absolute atomic E-state index is 13.3. The molecule has 0 unspecified atom stereocenters. The molecule has 9 heteroatoms. The quantitative estimate of drug-likeness (QED) is 0.304. The van der Waals surface area contributed by atoms with Crippen molar-refractivity contribution >= 4 is 54.8 Å². The molecule has 7 nitrogen and oxygen atoms in total. The summed E-state index contributed by atoms with van der Waals surface area (Å²) in [6, 6.07) is 23.4. The average Bonchev–Trinajstić information content (AvgIpc) is 2.87. The van der Waals surface area contributed by atoms with Crippen molar-refractivity contribution in [1.29, 1.82) is 0 Å². The van der Waals surface area contributed by atoms with Gasteiger partial charge in [-0.25, -0.2) is 8.42 Å². The first-order chi connectivity index (χ1) is 17.3. The van der Waals surface area contributed by atoms with Gasteiger partial charge in [0.15, 0.2) is 11.6 Å². The Morgan fingerprint density at radius 1 is 0.667 bits per heavy atom. The van der Waals surface area contributed by atoms with Crippen molar-refractivity contribution in [3.8, 4) is 0 Å². The van der Waals surface area contributed by atoms with Crippen LogP contribution in [-0.4, -0.2) is 25.9 Å². The number of halogens is 1. The number of ketones is 2. The fourth-order valence-corrected chi connectivity index (χ4v) is 5.37. The summed E-state index contributed by atoms with van der Waals surface area (Å²) in [4.78, 5) is 39.5. The number of carbonyl (C=O) groups excluding carboxylic acids is 3. The van der Waals surface area contributed by atoms with E-state index in [1.807, 2.05) is 0 Å². The fraction of sp³-hybridized carbons (Fsp3) is 0. The van der Waals surface area contributed by atoms with E-state index in [0.29, 0.717) is 5.56 Å². The predicted octanol–water partition coefficient (Wildman–Crippen LogP) is 5.28. The third-order valence-corrected chi connectivity index (χ3v) is 7.65. The zero-order valence-electron chi connectivity index (χ0n) is 18.5. The van der Waals surface area contributed by atoms with E-state index in [9.17, 15) is 22.8 Å². The van der Waals surface area contributed by atoms with Crippen LogP contribution in [0.5, 0.6) is 0 Å². The van der Waals surface area contributed by atoms with Gasteiger partial charge in [-0.05, 0) is 42.5 Å². The van der Waals surface area contributed by atoms with Gasteiger partial charge < -0.3 is 5.32 Å². The molecule has 0 saturated heterocycles. The minimum atomic E-state index is -3.97. The van der Waals surface area contributed by atoms with Gasteiger partial charge in [-0.3, -0.25) is 19.1 Å². The largest absolute Gasteiger partial charge is 0.321 e. The Labute approximate surface area is 215 Å². The molecule has 1 amide bonds. The van der Waals surface area contributed by atoms with Crippen LogP contribution in [0.3, 0.4) is 0 Å². The SMILES string of the molecule is O=C(Nc1cccc2c1C(=O)c1ccccc1C2=O)c1ccccc1NS(=O)(=O)c1ccc(Br)cc1. The number of sulfonamides is 1. The first-order valence-electron chi connectivity index (χ1n) is 10.8. The van der Waals surface area contributed by atoms with Crippen LogP contribution in [0.2, 0.25) is 0 Å². The molecule has 0 saturated carbocycles. The summed E-state index contributed by atoms with van der Waals surface area (Å²) >= 11 is 3.27. The van der Waals surface area contributed by atoms with Crippen molar-refractivity contribution in [2.45, 2.75) is 4.90 Å². The average molecular weight is 561 g/mol. The first kappa shape index (κ1) is 23.7. The number of fused-ring (bicyclic) bond motifs is 2. The zero-order chi connectivity index (χ0) is 25.4. The van der Waals surface area contributed by atoms with Gasteiger partial charge in [0.1, 0.15) is 0 Å². The Balaban J connectivity index is 1.48. The van der Waals surface area contributed by atoms with Gasteiger partial charge >= 0.3 is 0 Å². The summed E-state index contributed by atoms with van der Waals surface area (Å²) in [5.41, 5.74) is 1.14. The van der Waals surface area contributed by atoms with Crippen LogP contribution in [0.4, 0.5) is 11.4 Å². The molecule has 4 aromatic rings. The molecule has 1 aliphatic carbocycles. The molecule has 0 heterocycles. The highest BCUT2D eigenvalue weighted by Crippen LogP contribution is 2.32. The highest BCUT2D eigenvalue weighted by Gasteiger charge is 2.32. The molecule has 36 heavy (non-hydrogen) atoms. The number of nitrogens with one attached hydrogen (secondary N) is 2. The van der Waals surface area contributed by atoms with Crippen molar-refractivity contribution in [2.75, 3.05) is 10.0 Å². The van der Waals surface area contributed by atoms with E-state index in [1.165, 1.54) is 30.3 Å². The number of rotatable bonds is 5. The van der Waals surface area contributed by atoms with Crippen LogP contribution in [0.15, 0.2) is 100 Å². The maximum Gasteiger partial charge on any atom is 0.261 e. The highest BCUT2D eigenvalue weighted by atomic mass is 79.9. The molecule has 0 radical (unpaired) electrons. The normalized spacial score (nSPS) is 12.5. The number of hydrogen-bond donors (Lipinski definition) is 2. The van der Waals surface area contributed by atoms with Gasteiger partial charge in [0, 0.05) is 21.2 Å². The minimum absolute atomic E-state index is 0.0285. The number of carbonyl (C=O) groups is 3. The Kier molecular flexibility index (Phi) is 6.03. The van der Waals surface area contributed by atoms with E-state index in [0.717, 1.165) is 4.47 Å². The van der Waals surface area contributed by atoms with Crippen molar-refractivity contribution in [3.05, 3.63) is 123 Å². The van der Waals surface area contributed by atoms with Crippen molar-refractivity contribution in [3.63, 3.8) is 0 Å². The van der Waals surface area contributed by atoms with Crippen LogP contribution >= 0.6 is 15.9 Å². The minimum Gasteiger partial charge on any atom is -0.321 e. The molecular formula is C27H17BrN2O5S. The summed E-state index contributed by atoms with van der Waals surface area (Å²) in [5, 5.41) is 2.69. The molecule has 0 aliphatic heterocycles. The molecule has 4 aromatic carbocycles.